The summed E-state index contributed by atoms with van der Waals surface area (Å²) >= 11 is 0. The minimum Gasteiger partial charge on any atom is -0.464 e. The molecule has 1 aromatic heterocycles. The summed E-state index contributed by atoms with van der Waals surface area (Å²) in [5.74, 6) is -1.11. The summed E-state index contributed by atoms with van der Waals surface area (Å²) in [6.45, 7) is 1.03. The monoisotopic (exact) mass is 401 g/mol. The molecule has 1 heterocycles. The van der Waals surface area contributed by atoms with Gasteiger partial charge in [0.15, 0.2) is 12.4 Å². The molecule has 0 spiro atoms. The molecule has 0 saturated carbocycles. The predicted octanol–water partition coefficient (Wildman–Crippen LogP) is 4.51. The van der Waals surface area contributed by atoms with Gasteiger partial charge in [-0.05, 0) is 35.9 Å². The standard InChI is InChI=1S/C24H19NO5/c1-15(26)17-6-4-7-19(11-17)25-22(27)14-30-23(28)12-18-13-29-21-10-9-16-5-2-3-8-20(16)24(18)21/h2-11,13H,12,14H2,1H3,(H,25,27). The third kappa shape index (κ3) is 4.07. The Morgan fingerprint density at radius 3 is 2.67 bits per heavy atom. The number of amides is 1. The number of furan rings is 1. The molecule has 0 saturated heterocycles. The van der Waals surface area contributed by atoms with Crippen molar-refractivity contribution in [3.8, 4) is 0 Å². The average molecular weight is 401 g/mol. The topological polar surface area (TPSA) is 85.6 Å². The third-order valence-corrected chi connectivity index (χ3v) is 4.79. The van der Waals surface area contributed by atoms with Gasteiger partial charge in [0.05, 0.1) is 12.7 Å². The molecule has 1 N–H and O–H groups in total. The van der Waals surface area contributed by atoms with Gasteiger partial charge in [0.2, 0.25) is 0 Å². The molecule has 150 valence electrons. The van der Waals surface area contributed by atoms with E-state index in [1.165, 1.54) is 6.92 Å². The summed E-state index contributed by atoms with van der Waals surface area (Å²) in [7, 11) is 0. The average Bonchev–Trinajstić information content (AvgIpc) is 3.15. The van der Waals surface area contributed by atoms with Crippen LogP contribution in [0.15, 0.2) is 71.3 Å². The van der Waals surface area contributed by atoms with Crippen LogP contribution in [0.1, 0.15) is 22.8 Å². The molecule has 4 rings (SSSR count). The number of hydrogen-bond donors (Lipinski definition) is 1. The van der Waals surface area contributed by atoms with Gasteiger partial charge in [-0.25, -0.2) is 0 Å². The molecule has 4 aromatic rings. The Bertz CT molecular complexity index is 1270. The Hall–Kier alpha value is -3.93. The normalized spacial score (nSPS) is 10.8. The molecular weight excluding hydrogens is 382 g/mol. The van der Waals surface area contributed by atoms with Gasteiger partial charge < -0.3 is 14.5 Å². The van der Waals surface area contributed by atoms with Crippen molar-refractivity contribution in [3.63, 3.8) is 0 Å². The third-order valence-electron chi connectivity index (χ3n) is 4.79. The minimum absolute atomic E-state index is 0.00584. The molecule has 6 heteroatoms. The summed E-state index contributed by atoms with van der Waals surface area (Å²) in [4.78, 5) is 35.8. The Balaban J connectivity index is 1.41. The lowest BCUT2D eigenvalue weighted by Gasteiger charge is -2.07. The van der Waals surface area contributed by atoms with Gasteiger partial charge >= 0.3 is 5.97 Å². The number of rotatable bonds is 6. The van der Waals surface area contributed by atoms with Crippen LogP contribution >= 0.6 is 0 Å². The smallest absolute Gasteiger partial charge is 0.310 e. The predicted molar refractivity (Wildman–Crippen MR) is 113 cm³/mol. The first-order valence-electron chi connectivity index (χ1n) is 9.45. The van der Waals surface area contributed by atoms with Gasteiger partial charge in [0.25, 0.3) is 5.91 Å². The second-order valence-corrected chi connectivity index (χ2v) is 6.94. The van der Waals surface area contributed by atoms with Gasteiger partial charge in [-0.15, -0.1) is 0 Å². The second-order valence-electron chi connectivity index (χ2n) is 6.94. The van der Waals surface area contributed by atoms with Gasteiger partial charge in [-0.2, -0.15) is 0 Å². The number of ketones is 1. The highest BCUT2D eigenvalue weighted by molar-refractivity contribution is 6.08. The SMILES string of the molecule is CC(=O)c1cccc(NC(=O)COC(=O)Cc2coc3ccc4ccccc4c23)c1. The molecule has 0 radical (unpaired) electrons. The lowest BCUT2D eigenvalue weighted by atomic mass is 10.0. The minimum atomic E-state index is -0.529. The molecule has 3 aromatic carbocycles. The van der Waals surface area contributed by atoms with Crippen LogP contribution < -0.4 is 5.32 Å². The molecule has 0 unspecified atom stereocenters. The number of carbonyl (C=O) groups is 3. The zero-order valence-electron chi connectivity index (χ0n) is 16.3. The van der Waals surface area contributed by atoms with Crippen LogP contribution in [-0.4, -0.2) is 24.3 Å². The highest BCUT2D eigenvalue weighted by Gasteiger charge is 2.15. The molecule has 0 fully saturated rings. The fourth-order valence-corrected chi connectivity index (χ4v) is 3.37. The van der Waals surface area contributed by atoms with Crippen molar-refractivity contribution in [2.45, 2.75) is 13.3 Å². The van der Waals surface area contributed by atoms with E-state index in [1.807, 2.05) is 36.4 Å². The van der Waals surface area contributed by atoms with Gasteiger partial charge in [0, 0.05) is 22.2 Å². The molecule has 0 aliphatic carbocycles. The molecule has 6 nitrogen and oxygen atoms in total. The van der Waals surface area contributed by atoms with E-state index >= 15 is 0 Å². The Morgan fingerprint density at radius 1 is 1.00 bits per heavy atom. The molecule has 0 bridgehead atoms. The fourth-order valence-electron chi connectivity index (χ4n) is 3.37. The number of anilines is 1. The number of hydrogen-bond acceptors (Lipinski definition) is 5. The highest BCUT2D eigenvalue weighted by Crippen LogP contribution is 2.30. The number of Topliss-reactive ketones (excluding diaryl/α,β-unsaturated/α-hetero) is 1. The molecule has 30 heavy (non-hydrogen) atoms. The van der Waals surface area contributed by atoms with Crippen LogP contribution in [0.2, 0.25) is 0 Å². The first kappa shape index (κ1) is 19.4. The highest BCUT2D eigenvalue weighted by atomic mass is 16.5. The van der Waals surface area contributed by atoms with Crippen molar-refractivity contribution in [2.24, 2.45) is 0 Å². The molecule has 0 atom stereocenters. The van der Waals surface area contributed by atoms with Crippen molar-refractivity contribution in [2.75, 3.05) is 11.9 Å². The first-order chi connectivity index (χ1) is 14.5. The molecular formula is C24H19NO5. The summed E-state index contributed by atoms with van der Waals surface area (Å²) in [6, 6.07) is 18.3. The largest absolute Gasteiger partial charge is 0.464 e. The number of ether oxygens (including phenoxy) is 1. The van der Waals surface area contributed by atoms with E-state index in [9.17, 15) is 14.4 Å². The van der Waals surface area contributed by atoms with E-state index in [1.54, 1.807) is 30.5 Å². The number of benzene rings is 3. The van der Waals surface area contributed by atoms with Crippen LogP contribution in [0.3, 0.4) is 0 Å². The van der Waals surface area contributed by atoms with Gasteiger partial charge in [0.1, 0.15) is 5.58 Å². The van der Waals surface area contributed by atoms with E-state index in [4.69, 9.17) is 9.15 Å². The van der Waals surface area contributed by atoms with Gasteiger partial charge in [-0.1, -0.05) is 42.5 Å². The Labute approximate surface area is 172 Å². The lowest BCUT2D eigenvalue weighted by Crippen LogP contribution is -2.21. The Kier molecular flexibility index (Phi) is 5.30. The number of carbonyl (C=O) groups excluding carboxylic acids is 3. The maximum Gasteiger partial charge on any atom is 0.310 e. The number of fused-ring (bicyclic) bond motifs is 3. The van der Waals surface area contributed by atoms with Crippen molar-refractivity contribution in [1.29, 1.82) is 0 Å². The molecule has 0 aliphatic heterocycles. The van der Waals surface area contributed by atoms with Crippen LogP contribution in [-0.2, 0) is 20.7 Å². The zero-order valence-corrected chi connectivity index (χ0v) is 16.3. The molecule has 1 amide bonds. The lowest BCUT2D eigenvalue weighted by molar-refractivity contribution is -0.146. The van der Waals surface area contributed by atoms with Crippen LogP contribution in [0.25, 0.3) is 21.7 Å². The van der Waals surface area contributed by atoms with Crippen molar-refractivity contribution < 1.29 is 23.5 Å². The van der Waals surface area contributed by atoms with Crippen LogP contribution in [0.5, 0.6) is 0 Å². The van der Waals surface area contributed by atoms with E-state index in [2.05, 4.69) is 5.32 Å². The second kappa shape index (κ2) is 8.21. The Morgan fingerprint density at radius 2 is 1.83 bits per heavy atom. The van der Waals surface area contributed by atoms with E-state index in [0.717, 1.165) is 16.2 Å². The summed E-state index contributed by atoms with van der Waals surface area (Å²) in [6.07, 6.45) is 1.54. The van der Waals surface area contributed by atoms with E-state index in [0.29, 0.717) is 22.4 Å². The van der Waals surface area contributed by atoms with Crippen LogP contribution in [0.4, 0.5) is 5.69 Å². The van der Waals surface area contributed by atoms with E-state index in [-0.39, 0.29) is 12.2 Å². The van der Waals surface area contributed by atoms with Crippen molar-refractivity contribution >= 4 is 45.1 Å². The van der Waals surface area contributed by atoms with Crippen LogP contribution in [0, 0.1) is 0 Å². The zero-order chi connectivity index (χ0) is 21.1. The maximum absolute atomic E-state index is 12.3. The van der Waals surface area contributed by atoms with Crippen molar-refractivity contribution in [1.82, 2.24) is 0 Å². The quantitative estimate of drug-likeness (QED) is 0.379. The number of esters is 1. The van der Waals surface area contributed by atoms with Gasteiger partial charge in [-0.3, -0.25) is 14.4 Å². The summed E-state index contributed by atoms with van der Waals surface area (Å²) in [5.41, 5.74) is 2.36. The maximum atomic E-state index is 12.3. The number of nitrogens with one attached hydrogen (secondary N) is 1. The fraction of sp³-hybridized carbons (Fsp3) is 0.125. The summed E-state index contributed by atoms with van der Waals surface area (Å²) in [5, 5.41) is 5.53. The first-order valence-corrected chi connectivity index (χ1v) is 9.45. The van der Waals surface area contributed by atoms with Crippen molar-refractivity contribution in [3.05, 3.63) is 78.1 Å². The summed E-state index contributed by atoms with van der Waals surface area (Å²) < 4.78 is 10.7. The van der Waals surface area contributed by atoms with E-state index < -0.39 is 18.5 Å². The molecule has 0 aliphatic rings.